The fourth-order valence-electron chi connectivity index (χ4n) is 4.05. The number of benzene rings is 2. The fourth-order valence-corrected chi connectivity index (χ4v) is 4.05. The lowest BCUT2D eigenvalue weighted by atomic mass is 10.1. The predicted molar refractivity (Wildman–Crippen MR) is 129 cm³/mol. The number of ether oxygens (including phenoxy) is 1. The van der Waals surface area contributed by atoms with Crippen LogP contribution >= 0.6 is 0 Å². The summed E-state index contributed by atoms with van der Waals surface area (Å²) in [5.41, 5.74) is 2.52. The van der Waals surface area contributed by atoms with Gasteiger partial charge in [-0.15, -0.1) is 0 Å². The van der Waals surface area contributed by atoms with E-state index in [1.165, 1.54) is 9.08 Å². The lowest BCUT2D eigenvalue weighted by Gasteiger charge is -2.12. The number of nitrogens with zero attached hydrogens (tertiary/aromatic N) is 5. The van der Waals surface area contributed by atoms with E-state index in [0.717, 1.165) is 18.2 Å². The molecule has 0 saturated carbocycles. The van der Waals surface area contributed by atoms with Crippen LogP contribution in [0.4, 0.5) is 8.78 Å². The normalized spacial score (nSPS) is 11.0. The lowest BCUT2D eigenvalue weighted by Crippen LogP contribution is -2.19. The number of fused-ring (bicyclic) bond motifs is 1. The van der Waals surface area contributed by atoms with Crippen molar-refractivity contribution >= 4 is 5.65 Å². The molecule has 36 heavy (non-hydrogen) atoms. The molecule has 2 aromatic carbocycles. The number of aryl methyl sites for hydroxylation is 2. The van der Waals surface area contributed by atoms with Gasteiger partial charge in [0.2, 0.25) is 0 Å². The molecular formula is C27H19F2N5O2. The molecule has 0 unspecified atom stereocenters. The summed E-state index contributed by atoms with van der Waals surface area (Å²) in [7, 11) is 0. The Hall–Kier alpha value is -4.84. The van der Waals surface area contributed by atoms with Crippen LogP contribution in [0.15, 0.2) is 71.7 Å². The molecule has 0 aliphatic carbocycles. The van der Waals surface area contributed by atoms with E-state index >= 15 is 0 Å². The summed E-state index contributed by atoms with van der Waals surface area (Å²) in [6, 6.07) is 17.3. The third kappa shape index (κ3) is 3.99. The van der Waals surface area contributed by atoms with Crippen LogP contribution in [0.3, 0.4) is 0 Å². The number of hydrogen-bond acceptors (Lipinski definition) is 5. The van der Waals surface area contributed by atoms with Crippen molar-refractivity contribution in [2.24, 2.45) is 0 Å². The standard InChI is InChI=1S/C27H19F2N5O2/c1-16-12-22(32-34(16)23-13-20(28)9-10-21(23)29)25-17(2)31-26-24(8-5-11-33(26)27(25)35)36-15-19-7-4-3-6-18(19)14-30/h3-13H,15H2,1-2H3. The average Bonchev–Trinajstić information content (AvgIpc) is 3.25. The Morgan fingerprint density at radius 1 is 1.06 bits per heavy atom. The third-order valence-electron chi connectivity index (χ3n) is 5.80. The average molecular weight is 483 g/mol. The molecule has 7 nitrogen and oxygen atoms in total. The van der Waals surface area contributed by atoms with Gasteiger partial charge in [0.15, 0.2) is 11.4 Å². The van der Waals surface area contributed by atoms with Crippen LogP contribution in [0.1, 0.15) is 22.5 Å². The largest absolute Gasteiger partial charge is 0.485 e. The minimum atomic E-state index is -0.640. The van der Waals surface area contributed by atoms with Gasteiger partial charge in [0.05, 0.1) is 22.9 Å². The van der Waals surface area contributed by atoms with E-state index < -0.39 is 11.6 Å². The minimum Gasteiger partial charge on any atom is -0.485 e. The number of pyridine rings is 1. The number of nitriles is 1. The Kier molecular flexibility index (Phi) is 5.78. The first-order valence-corrected chi connectivity index (χ1v) is 11.0. The van der Waals surface area contributed by atoms with Crippen molar-refractivity contribution in [2.45, 2.75) is 20.5 Å². The molecule has 0 aliphatic heterocycles. The zero-order valence-corrected chi connectivity index (χ0v) is 19.4. The smallest absolute Gasteiger partial charge is 0.267 e. The van der Waals surface area contributed by atoms with Gasteiger partial charge in [-0.25, -0.2) is 18.4 Å². The highest BCUT2D eigenvalue weighted by Crippen LogP contribution is 2.25. The summed E-state index contributed by atoms with van der Waals surface area (Å²) in [6.07, 6.45) is 1.57. The summed E-state index contributed by atoms with van der Waals surface area (Å²) in [6.45, 7) is 3.49. The van der Waals surface area contributed by atoms with Crippen molar-refractivity contribution in [3.05, 3.63) is 111 Å². The minimum absolute atomic E-state index is 0.0569. The second-order valence-electron chi connectivity index (χ2n) is 8.18. The molecule has 0 bridgehead atoms. The monoisotopic (exact) mass is 483 g/mol. The van der Waals surface area contributed by atoms with Crippen molar-refractivity contribution in [3.63, 3.8) is 0 Å². The van der Waals surface area contributed by atoms with Gasteiger partial charge >= 0.3 is 0 Å². The van der Waals surface area contributed by atoms with E-state index in [9.17, 15) is 18.8 Å². The van der Waals surface area contributed by atoms with Crippen LogP contribution in [0, 0.1) is 36.8 Å². The van der Waals surface area contributed by atoms with Crippen LogP contribution < -0.4 is 10.3 Å². The van der Waals surface area contributed by atoms with Crippen LogP contribution in [0.25, 0.3) is 22.6 Å². The van der Waals surface area contributed by atoms with E-state index in [4.69, 9.17) is 4.74 Å². The van der Waals surface area contributed by atoms with E-state index in [1.54, 1.807) is 56.4 Å². The van der Waals surface area contributed by atoms with Gasteiger partial charge in [-0.3, -0.25) is 9.20 Å². The summed E-state index contributed by atoms with van der Waals surface area (Å²) < 4.78 is 36.7. The molecule has 178 valence electrons. The predicted octanol–water partition coefficient (Wildman–Crippen LogP) is 4.89. The Balaban J connectivity index is 1.57. The summed E-state index contributed by atoms with van der Waals surface area (Å²) >= 11 is 0. The first-order valence-electron chi connectivity index (χ1n) is 11.0. The maximum Gasteiger partial charge on any atom is 0.267 e. The zero-order valence-electron chi connectivity index (χ0n) is 19.4. The van der Waals surface area contributed by atoms with Gasteiger partial charge in [-0.1, -0.05) is 18.2 Å². The highest BCUT2D eigenvalue weighted by molar-refractivity contribution is 5.66. The van der Waals surface area contributed by atoms with Crippen molar-refractivity contribution in [1.29, 1.82) is 5.26 Å². The third-order valence-corrected chi connectivity index (χ3v) is 5.80. The highest BCUT2D eigenvalue weighted by Gasteiger charge is 2.19. The second-order valence-corrected chi connectivity index (χ2v) is 8.18. The molecular weight excluding hydrogens is 464 g/mol. The lowest BCUT2D eigenvalue weighted by molar-refractivity contribution is 0.307. The molecule has 0 spiro atoms. The first-order chi connectivity index (χ1) is 17.4. The number of halogens is 2. The van der Waals surface area contributed by atoms with Crippen LogP contribution in [-0.2, 0) is 6.61 Å². The van der Waals surface area contributed by atoms with Crippen molar-refractivity contribution in [3.8, 4) is 28.8 Å². The molecule has 5 aromatic rings. The van der Waals surface area contributed by atoms with Gasteiger partial charge in [-0.2, -0.15) is 10.4 Å². The Morgan fingerprint density at radius 2 is 1.86 bits per heavy atom. The maximum atomic E-state index is 14.4. The van der Waals surface area contributed by atoms with Crippen LogP contribution in [0.5, 0.6) is 5.75 Å². The Morgan fingerprint density at radius 3 is 2.67 bits per heavy atom. The fraction of sp³-hybridized carbons (Fsp3) is 0.111. The quantitative estimate of drug-likeness (QED) is 0.355. The molecule has 0 aliphatic rings. The zero-order chi connectivity index (χ0) is 25.4. The molecule has 0 radical (unpaired) electrons. The number of aromatic nitrogens is 4. The van der Waals surface area contributed by atoms with Crippen LogP contribution in [0.2, 0.25) is 0 Å². The van der Waals surface area contributed by atoms with E-state index in [0.29, 0.717) is 33.9 Å². The van der Waals surface area contributed by atoms with E-state index in [2.05, 4.69) is 16.2 Å². The van der Waals surface area contributed by atoms with Crippen LogP contribution in [-0.4, -0.2) is 19.2 Å². The summed E-state index contributed by atoms with van der Waals surface area (Å²) in [4.78, 5) is 18.1. The molecule has 9 heteroatoms. The van der Waals surface area contributed by atoms with Gasteiger partial charge < -0.3 is 4.74 Å². The number of rotatable bonds is 5. The Bertz CT molecular complexity index is 1730. The molecule has 5 rings (SSSR count). The highest BCUT2D eigenvalue weighted by atomic mass is 19.1. The Labute approximate surface area is 204 Å². The molecule has 3 heterocycles. The maximum absolute atomic E-state index is 14.4. The van der Waals surface area contributed by atoms with Gasteiger partial charge in [0, 0.05) is 23.5 Å². The van der Waals surface area contributed by atoms with Crippen molar-refractivity contribution < 1.29 is 13.5 Å². The second kappa shape index (κ2) is 9.07. The van der Waals surface area contributed by atoms with Gasteiger partial charge in [0.25, 0.3) is 5.56 Å². The first kappa shape index (κ1) is 22.9. The summed E-state index contributed by atoms with van der Waals surface area (Å²) in [5.74, 6) is -0.865. The molecule has 0 fully saturated rings. The number of hydrogen-bond donors (Lipinski definition) is 0. The molecule has 0 N–H and O–H groups in total. The molecule has 3 aromatic heterocycles. The van der Waals surface area contributed by atoms with Crippen molar-refractivity contribution in [1.82, 2.24) is 19.2 Å². The van der Waals surface area contributed by atoms with Crippen molar-refractivity contribution in [2.75, 3.05) is 0 Å². The molecule has 0 atom stereocenters. The van der Waals surface area contributed by atoms with Gasteiger partial charge in [-0.05, 0) is 50.2 Å². The SMILES string of the molecule is Cc1nc2c(OCc3ccccc3C#N)cccn2c(=O)c1-c1cc(C)n(-c2cc(F)ccc2F)n1. The van der Waals surface area contributed by atoms with E-state index in [-0.39, 0.29) is 29.1 Å². The van der Waals surface area contributed by atoms with Gasteiger partial charge in [0.1, 0.15) is 29.6 Å². The molecule has 0 saturated heterocycles. The summed E-state index contributed by atoms with van der Waals surface area (Å²) in [5, 5.41) is 13.7. The molecule has 0 amide bonds. The topological polar surface area (TPSA) is 85.2 Å². The van der Waals surface area contributed by atoms with E-state index in [1.807, 2.05) is 6.07 Å².